The van der Waals surface area contributed by atoms with Crippen LogP contribution in [0.25, 0.3) is 0 Å². The minimum absolute atomic E-state index is 0.0696. The molecular formula is C24H44N4O5. The first-order valence-electron chi connectivity index (χ1n) is 13.0. The Morgan fingerprint density at radius 1 is 0.788 bits per heavy atom. The first-order chi connectivity index (χ1) is 15.9. The van der Waals surface area contributed by atoms with Crippen LogP contribution in [-0.2, 0) is 9.53 Å². The maximum absolute atomic E-state index is 14.2. The third-order valence-electron chi connectivity index (χ3n) is 8.51. The number of aliphatic hydroxyl groups is 3. The third-order valence-corrected chi connectivity index (χ3v) is 8.51. The van der Waals surface area contributed by atoms with E-state index in [9.17, 15) is 20.1 Å². The number of nitrogens with zero attached hydrogens (tertiary/aromatic N) is 4. The predicted molar refractivity (Wildman–Crippen MR) is 124 cm³/mol. The first-order valence-corrected chi connectivity index (χ1v) is 13.0. The van der Waals surface area contributed by atoms with E-state index in [0.29, 0.717) is 24.2 Å². The van der Waals surface area contributed by atoms with E-state index in [0.717, 1.165) is 51.9 Å². The summed E-state index contributed by atoms with van der Waals surface area (Å²) in [5, 5.41) is 29.4. The van der Waals surface area contributed by atoms with Crippen molar-refractivity contribution in [3.05, 3.63) is 0 Å². The molecule has 3 N–H and O–H groups in total. The zero-order valence-corrected chi connectivity index (χ0v) is 20.8. The van der Waals surface area contributed by atoms with Gasteiger partial charge in [0.15, 0.2) is 0 Å². The van der Waals surface area contributed by atoms with Crippen LogP contribution >= 0.6 is 0 Å². The Labute approximate surface area is 198 Å². The van der Waals surface area contributed by atoms with Crippen LogP contribution in [0, 0.1) is 5.41 Å². The van der Waals surface area contributed by atoms with Gasteiger partial charge in [0, 0.05) is 50.3 Å². The van der Waals surface area contributed by atoms with Crippen molar-refractivity contribution in [2.75, 3.05) is 52.6 Å². The monoisotopic (exact) mass is 468 g/mol. The molecule has 0 saturated carbocycles. The molecule has 0 aromatic heterocycles. The molecule has 4 aliphatic heterocycles. The lowest BCUT2D eigenvalue weighted by atomic mass is 9.92. The van der Waals surface area contributed by atoms with Crippen molar-refractivity contribution in [3.8, 4) is 0 Å². The van der Waals surface area contributed by atoms with Crippen molar-refractivity contribution >= 4 is 5.97 Å². The van der Waals surface area contributed by atoms with Crippen LogP contribution in [0.4, 0.5) is 0 Å². The van der Waals surface area contributed by atoms with Crippen LogP contribution in [0.2, 0.25) is 0 Å². The molecule has 190 valence electrons. The van der Waals surface area contributed by atoms with E-state index in [2.05, 4.69) is 47.3 Å². The Kier molecular flexibility index (Phi) is 7.42. The van der Waals surface area contributed by atoms with E-state index in [-0.39, 0.29) is 18.7 Å². The number of aliphatic hydroxyl groups excluding tert-OH is 3. The summed E-state index contributed by atoms with van der Waals surface area (Å²) in [5.41, 5.74) is -2.14. The molecule has 0 aliphatic carbocycles. The Morgan fingerprint density at radius 3 is 1.52 bits per heavy atom. The Hall–Kier alpha value is -0.810. The van der Waals surface area contributed by atoms with Crippen molar-refractivity contribution < 1.29 is 24.9 Å². The summed E-state index contributed by atoms with van der Waals surface area (Å²) in [6, 6.07) is 1.64. The summed E-state index contributed by atoms with van der Waals surface area (Å²) in [5.74, 6) is -0.303. The standard InChI is InChI=1S/C24H44N4O5/c1-5-17-9-25(17)21(26-10-18(26)6-2)24(27-11-19(27)7-3,28-12-20(28)8-4)22(32)33-16-23(13-29,14-30)15-31/h17-21,29-31H,5-16H2,1-4H3. The number of rotatable bonds is 15. The minimum Gasteiger partial charge on any atom is -0.462 e. The number of ether oxygens (including phenoxy) is 1. The van der Waals surface area contributed by atoms with Gasteiger partial charge in [0.1, 0.15) is 12.8 Å². The van der Waals surface area contributed by atoms with Crippen LogP contribution in [0.1, 0.15) is 53.4 Å². The van der Waals surface area contributed by atoms with E-state index in [1.54, 1.807) is 0 Å². The highest BCUT2D eigenvalue weighted by molar-refractivity contribution is 5.83. The quantitative estimate of drug-likeness (QED) is 0.225. The van der Waals surface area contributed by atoms with Gasteiger partial charge in [-0.25, -0.2) is 4.79 Å². The molecule has 0 aromatic carbocycles. The molecule has 8 atom stereocenters. The SMILES string of the molecule is CCC1CN1C(N1CC1CC)C(C(=O)OCC(CO)(CO)CO)(N1CC1CC)N1CC1CC. The number of hydrogen-bond donors (Lipinski definition) is 3. The highest BCUT2D eigenvalue weighted by atomic mass is 16.5. The molecule has 0 bridgehead atoms. The van der Waals surface area contributed by atoms with E-state index in [1.807, 2.05) is 0 Å². The summed E-state index contributed by atoms with van der Waals surface area (Å²) in [6.45, 7) is 10.9. The van der Waals surface area contributed by atoms with Gasteiger partial charge >= 0.3 is 5.97 Å². The van der Waals surface area contributed by atoms with Crippen molar-refractivity contribution in [3.63, 3.8) is 0 Å². The molecule has 33 heavy (non-hydrogen) atoms. The predicted octanol–water partition coefficient (Wildman–Crippen LogP) is -0.108. The van der Waals surface area contributed by atoms with Gasteiger partial charge in [0.05, 0.1) is 25.2 Å². The van der Waals surface area contributed by atoms with Crippen molar-refractivity contribution in [2.24, 2.45) is 5.41 Å². The molecule has 9 heteroatoms. The molecule has 4 fully saturated rings. The third kappa shape index (κ3) is 4.35. The van der Waals surface area contributed by atoms with Crippen LogP contribution in [0.3, 0.4) is 0 Å². The molecule has 4 aliphatic rings. The van der Waals surface area contributed by atoms with Crippen molar-refractivity contribution in [1.29, 1.82) is 0 Å². The van der Waals surface area contributed by atoms with Crippen molar-refractivity contribution in [1.82, 2.24) is 19.6 Å². The second kappa shape index (κ2) is 9.68. The molecule has 4 heterocycles. The maximum Gasteiger partial charge on any atom is 0.345 e. The average Bonchev–Trinajstić information content (AvgIpc) is 3.69. The molecular weight excluding hydrogens is 424 g/mol. The number of esters is 1. The summed E-state index contributed by atoms with van der Waals surface area (Å²) in [4.78, 5) is 23.9. The number of carbonyl (C=O) groups excluding carboxylic acids is 1. The van der Waals surface area contributed by atoms with E-state index >= 15 is 0 Å². The first kappa shape index (κ1) is 25.3. The van der Waals surface area contributed by atoms with Gasteiger partial charge in [-0.15, -0.1) is 0 Å². The Morgan fingerprint density at radius 2 is 1.21 bits per heavy atom. The van der Waals surface area contributed by atoms with Gasteiger partial charge in [-0.3, -0.25) is 19.6 Å². The summed E-state index contributed by atoms with van der Waals surface area (Å²) >= 11 is 0. The number of hydrogen-bond acceptors (Lipinski definition) is 9. The molecule has 0 spiro atoms. The largest absolute Gasteiger partial charge is 0.462 e. The molecule has 0 radical (unpaired) electrons. The number of carbonyl (C=O) groups is 1. The van der Waals surface area contributed by atoms with Gasteiger partial charge in [0.25, 0.3) is 0 Å². The van der Waals surface area contributed by atoms with E-state index < -0.39 is 30.9 Å². The smallest absolute Gasteiger partial charge is 0.345 e. The zero-order chi connectivity index (χ0) is 24.0. The highest BCUT2D eigenvalue weighted by Crippen LogP contribution is 2.51. The van der Waals surface area contributed by atoms with Gasteiger partial charge in [0.2, 0.25) is 5.66 Å². The maximum atomic E-state index is 14.2. The normalized spacial score (nSPS) is 39.5. The van der Waals surface area contributed by atoms with Gasteiger partial charge in [-0.05, 0) is 25.7 Å². The van der Waals surface area contributed by atoms with Crippen LogP contribution in [0.5, 0.6) is 0 Å². The molecule has 0 aromatic rings. The topological polar surface area (TPSA) is 99.0 Å². The molecule has 9 nitrogen and oxygen atoms in total. The Balaban J connectivity index is 1.70. The van der Waals surface area contributed by atoms with Crippen LogP contribution in [-0.4, -0.2) is 129 Å². The lowest BCUT2D eigenvalue weighted by molar-refractivity contribution is -0.179. The summed E-state index contributed by atoms with van der Waals surface area (Å²) in [6.07, 6.45) is 4.01. The van der Waals surface area contributed by atoms with Gasteiger partial charge in [-0.1, -0.05) is 27.7 Å². The van der Waals surface area contributed by atoms with E-state index in [1.165, 1.54) is 0 Å². The van der Waals surface area contributed by atoms with Crippen molar-refractivity contribution in [2.45, 2.75) is 89.4 Å². The Bertz CT molecular complexity index is 660. The molecule has 4 saturated heterocycles. The fourth-order valence-electron chi connectivity index (χ4n) is 5.68. The van der Waals surface area contributed by atoms with Gasteiger partial charge < -0.3 is 20.1 Å². The molecule has 0 amide bonds. The summed E-state index contributed by atoms with van der Waals surface area (Å²) < 4.78 is 5.95. The second-order valence-corrected chi connectivity index (χ2v) is 10.6. The zero-order valence-electron chi connectivity index (χ0n) is 20.8. The average molecular weight is 469 g/mol. The molecule has 8 unspecified atom stereocenters. The van der Waals surface area contributed by atoms with Crippen LogP contribution in [0.15, 0.2) is 0 Å². The lowest BCUT2D eigenvalue weighted by Crippen LogP contribution is -2.68. The minimum atomic E-state index is -1.24. The van der Waals surface area contributed by atoms with Gasteiger partial charge in [-0.2, -0.15) is 0 Å². The van der Waals surface area contributed by atoms with Crippen LogP contribution < -0.4 is 0 Å². The van der Waals surface area contributed by atoms with E-state index in [4.69, 9.17) is 4.74 Å². The summed E-state index contributed by atoms with van der Waals surface area (Å²) in [7, 11) is 0. The fraction of sp³-hybridized carbons (Fsp3) is 0.958. The highest BCUT2D eigenvalue weighted by Gasteiger charge is 2.73. The second-order valence-electron chi connectivity index (χ2n) is 10.6. The molecule has 4 rings (SSSR count). The lowest BCUT2D eigenvalue weighted by Gasteiger charge is -2.44. The fourth-order valence-corrected chi connectivity index (χ4v) is 5.68.